The van der Waals surface area contributed by atoms with E-state index in [-0.39, 0.29) is 18.6 Å². The molecular weight excluding hydrogens is 236 g/mol. The summed E-state index contributed by atoms with van der Waals surface area (Å²) in [5, 5.41) is 0. The molecule has 5 nitrogen and oxygen atoms in total. The van der Waals surface area contributed by atoms with Gasteiger partial charge in [0, 0.05) is 12.8 Å². The van der Waals surface area contributed by atoms with Crippen molar-refractivity contribution in [3.8, 4) is 0 Å². The van der Waals surface area contributed by atoms with Gasteiger partial charge in [0.05, 0.1) is 14.2 Å². The topological polar surface area (TPSA) is 69.7 Å². The molecule has 0 N–H and O–H groups in total. The van der Waals surface area contributed by atoms with E-state index in [1.165, 1.54) is 14.2 Å². The van der Waals surface area contributed by atoms with Crippen LogP contribution in [-0.4, -0.2) is 31.9 Å². The first-order chi connectivity index (χ1) is 8.42. The molecule has 1 rings (SSSR count). The standard InChI is InChI=1S/C13H18O5/c1-5-10(14)9-7-13(6-8(9)2,11(15)17-3)12(16)18-4/h5-7H2,1-4H3. The fraction of sp³-hybridized carbons (Fsp3) is 0.615. The first-order valence-corrected chi connectivity index (χ1v) is 5.81. The van der Waals surface area contributed by atoms with E-state index in [9.17, 15) is 14.4 Å². The Bertz CT molecular complexity index is 403. The summed E-state index contributed by atoms with van der Waals surface area (Å²) in [7, 11) is 2.45. The predicted octanol–water partition coefficient (Wildman–Crippen LogP) is 1.41. The molecule has 0 aromatic heterocycles. The number of hydrogen-bond donors (Lipinski definition) is 0. The number of ketones is 1. The van der Waals surface area contributed by atoms with Crippen LogP contribution in [0.2, 0.25) is 0 Å². The van der Waals surface area contributed by atoms with E-state index in [0.717, 1.165) is 5.57 Å². The van der Waals surface area contributed by atoms with E-state index in [2.05, 4.69) is 0 Å². The lowest BCUT2D eigenvalue weighted by molar-refractivity contribution is -0.168. The Morgan fingerprint density at radius 3 is 2.00 bits per heavy atom. The Labute approximate surface area is 106 Å². The van der Waals surface area contributed by atoms with Gasteiger partial charge in [0.2, 0.25) is 0 Å². The lowest BCUT2D eigenvalue weighted by Crippen LogP contribution is -2.39. The third-order valence-electron chi connectivity index (χ3n) is 3.37. The molecule has 18 heavy (non-hydrogen) atoms. The van der Waals surface area contributed by atoms with E-state index in [1.54, 1.807) is 13.8 Å². The zero-order valence-electron chi connectivity index (χ0n) is 11.2. The first kappa shape index (κ1) is 14.4. The molecule has 0 spiro atoms. The van der Waals surface area contributed by atoms with Gasteiger partial charge in [0.1, 0.15) is 0 Å². The molecule has 0 bridgehead atoms. The fourth-order valence-electron chi connectivity index (χ4n) is 2.39. The maximum atomic E-state index is 11.9. The summed E-state index contributed by atoms with van der Waals surface area (Å²) in [5.74, 6) is -1.33. The number of Topliss-reactive ketones (excluding diaryl/α,β-unsaturated/α-hetero) is 1. The quantitative estimate of drug-likeness (QED) is 0.560. The van der Waals surface area contributed by atoms with Gasteiger partial charge in [-0.05, 0) is 18.9 Å². The Kier molecular flexibility index (Phi) is 4.27. The van der Waals surface area contributed by atoms with Crippen molar-refractivity contribution in [2.45, 2.75) is 33.1 Å². The van der Waals surface area contributed by atoms with Gasteiger partial charge < -0.3 is 9.47 Å². The van der Waals surface area contributed by atoms with Gasteiger partial charge in [0.25, 0.3) is 0 Å². The van der Waals surface area contributed by atoms with Crippen LogP contribution in [-0.2, 0) is 23.9 Å². The SMILES string of the molecule is CCC(=O)C1=C(C)CC(C(=O)OC)(C(=O)OC)C1. The van der Waals surface area contributed by atoms with Crippen molar-refractivity contribution in [2.24, 2.45) is 5.41 Å². The number of methoxy groups -OCH3 is 2. The fourth-order valence-corrected chi connectivity index (χ4v) is 2.39. The molecule has 5 heteroatoms. The predicted molar refractivity (Wildman–Crippen MR) is 63.7 cm³/mol. The van der Waals surface area contributed by atoms with Gasteiger partial charge in [0.15, 0.2) is 11.2 Å². The molecule has 1 aliphatic carbocycles. The van der Waals surface area contributed by atoms with Crippen LogP contribution in [0, 0.1) is 5.41 Å². The second kappa shape index (κ2) is 5.33. The van der Waals surface area contributed by atoms with Crippen molar-refractivity contribution >= 4 is 17.7 Å². The average Bonchev–Trinajstić information content (AvgIpc) is 2.74. The lowest BCUT2D eigenvalue weighted by Gasteiger charge is -2.23. The van der Waals surface area contributed by atoms with Crippen molar-refractivity contribution < 1.29 is 23.9 Å². The van der Waals surface area contributed by atoms with E-state index >= 15 is 0 Å². The highest BCUT2D eigenvalue weighted by Crippen LogP contribution is 2.44. The van der Waals surface area contributed by atoms with Gasteiger partial charge in [-0.3, -0.25) is 14.4 Å². The van der Waals surface area contributed by atoms with Gasteiger partial charge in [-0.25, -0.2) is 0 Å². The van der Waals surface area contributed by atoms with Gasteiger partial charge >= 0.3 is 11.9 Å². The van der Waals surface area contributed by atoms with Crippen LogP contribution in [0.1, 0.15) is 33.1 Å². The highest BCUT2D eigenvalue weighted by atomic mass is 16.5. The van der Waals surface area contributed by atoms with Gasteiger partial charge in [-0.2, -0.15) is 0 Å². The van der Waals surface area contributed by atoms with Gasteiger partial charge in [-0.15, -0.1) is 0 Å². The summed E-state index contributed by atoms with van der Waals surface area (Å²) in [6.45, 7) is 3.51. The number of carbonyl (C=O) groups excluding carboxylic acids is 3. The molecule has 0 aromatic carbocycles. The number of carbonyl (C=O) groups is 3. The van der Waals surface area contributed by atoms with E-state index < -0.39 is 17.4 Å². The maximum absolute atomic E-state index is 11.9. The highest BCUT2D eigenvalue weighted by molar-refractivity contribution is 6.05. The third kappa shape index (κ3) is 2.17. The molecular formula is C13H18O5. The first-order valence-electron chi connectivity index (χ1n) is 5.81. The largest absolute Gasteiger partial charge is 0.468 e. The summed E-state index contributed by atoms with van der Waals surface area (Å²) in [6.07, 6.45) is 0.614. The summed E-state index contributed by atoms with van der Waals surface area (Å²) >= 11 is 0. The smallest absolute Gasteiger partial charge is 0.323 e. The third-order valence-corrected chi connectivity index (χ3v) is 3.37. The zero-order valence-corrected chi connectivity index (χ0v) is 11.2. The molecule has 0 unspecified atom stereocenters. The maximum Gasteiger partial charge on any atom is 0.323 e. The zero-order chi connectivity index (χ0) is 13.9. The molecule has 0 saturated carbocycles. The summed E-state index contributed by atoms with van der Waals surface area (Å²) in [6, 6.07) is 0. The van der Waals surface area contributed by atoms with Crippen LogP contribution in [0.4, 0.5) is 0 Å². The van der Waals surface area contributed by atoms with Gasteiger partial charge in [-0.1, -0.05) is 12.5 Å². The minimum atomic E-state index is -1.38. The number of hydrogen-bond acceptors (Lipinski definition) is 5. The molecule has 0 heterocycles. The van der Waals surface area contributed by atoms with Crippen molar-refractivity contribution in [1.82, 2.24) is 0 Å². The number of rotatable bonds is 4. The average molecular weight is 254 g/mol. The molecule has 100 valence electrons. The molecule has 0 radical (unpaired) electrons. The minimum Gasteiger partial charge on any atom is -0.468 e. The van der Waals surface area contributed by atoms with Crippen LogP contribution < -0.4 is 0 Å². The molecule has 0 atom stereocenters. The number of allylic oxidation sites excluding steroid dienone is 2. The summed E-state index contributed by atoms with van der Waals surface area (Å²) in [5.41, 5.74) is -0.0701. The minimum absolute atomic E-state index is 0.0396. The van der Waals surface area contributed by atoms with Crippen LogP contribution in [0.15, 0.2) is 11.1 Å². The monoisotopic (exact) mass is 254 g/mol. The van der Waals surface area contributed by atoms with Crippen molar-refractivity contribution in [2.75, 3.05) is 14.2 Å². The van der Waals surface area contributed by atoms with Crippen LogP contribution >= 0.6 is 0 Å². The normalized spacial score (nSPS) is 17.6. The Morgan fingerprint density at radius 1 is 1.11 bits per heavy atom. The molecule has 0 amide bonds. The molecule has 1 aliphatic rings. The van der Waals surface area contributed by atoms with Crippen LogP contribution in [0.5, 0.6) is 0 Å². The molecule has 0 aliphatic heterocycles. The summed E-state index contributed by atoms with van der Waals surface area (Å²) in [4.78, 5) is 35.5. The van der Waals surface area contributed by atoms with E-state index in [0.29, 0.717) is 12.0 Å². The van der Waals surface area contributed by atoms with Crippen molar-refractivity contribution in [3.05, 3.63) is 11.1 Å². The van der Waals surface area contributed by atoms with E-state index in [4.69, 9.17) is 9.47 Å². The lowest BCUT2D eigenvalue weighted by atomic mass is 9.83. The van der Waals surface area contributed by atoms with Crippen LogP contribution in [0.25, 0.3) is 0 Å². The van der Waals surface area contributed by atoms with Crippen molar-refractivity contribution in [3.63, 3.8) is 0 Å². The number of ether oxygens (including phenoxy) is 2. The second-order valence-corrected chi connectivity index (χ2v) is 4.45. The molecule has 0 aromatic rings. The summed E-state index contributed by atoms with van der Waals surface area (Å²) < 4.78 is 9.39. The van der Waals surface area contributed by atoms with E-state index in [1.807, 2.05) is 0 Å². The molecule has 0 saturated heterocycles. The highest BCUT2D eigenvalue weighted by Gasteiger charge is 2.53. The Hall–Kier alpha value is -1.65. The van der Waals surface area contributed by atoms with Crippen molar-refractivity contribution in [1.29, 1.82) is 0 Å². The number of esters is 2. The second-order valence-electron chi connectivity index (χ2n) is 4.45. The van der Waals surface area contributed by atoms with Crippen LogP contribution in [0.3, 0.4) is 0 Å². The Balaban J connectivity index is 3.12. The Morgan fingerprint density at radius 2 is 1.61 bits per heavy atom. The molecule has 0 fully saturated rings.